The molecular formula is C27H29Cl2NO4. The SMILES string of the molecule is COCC(=O)N[C@H](Cc1ccc(-c2cc(Cl)cc(Cl)c2)cc1)[C@@H](OCc1ccccc1)[C@H](C)O. The summed E-state index contributed by atoms with van der Waals surface area (Å²) in [7, 11) is 1.47. The average Bonchev–Trinajstić information content (AvgIpc) is 2.79. The van der Waals surface area contributed by atoms with Gasteiger partial charge >= 0.3 is 0 Å². The summed E-state index contributed by atoms with van der Waals surface area (Å²) in [6.45, 7) is 1.91. The first-order valence-corrected chi connectivity index (χ1v) is 11.8. The van der Waals surface area contributed by atoms with Crippen molar-refractivity contribution < 1.29 is 19.4 Å². The summed E-state index contributed by atoms with van der Waals surface area (Å²) in [6.07, 6.45) is -0.951. The topological polar surface area (TPSA) is 67.8 Å². The molecule has 3 atom stereocenters. The molecule has 0 aliphatic carbocycles. The van der Waals surface area contributed by atoms with Crippen molar-refractivity contribution in [2.24, 2.45) is 0 Å². The van der Waals surface area contributed by atoms with Gasteiger partial charge in [-0.2, -0.15) is 0 Å². The van der Waals surface area contributed by atoms with Gasteiger partial charge in [-0.3, -0.25) is 4.79 Å². The third-order valence-electron chi connectivity index (χ3n) is 5.38. The van der Waals surface area contributed by atoms with Crippen molar-refractivity contribution in [1.82, 2.24) is 5.32 Å². The zero-order valence-corrected chi connectivity index (χ0v) is 20.7. The average molecular weight is 502 g/mol. The highest BCUT2D eigenvalue weighted by molar-refractivity contribution is 6.35. The van der Waals surface area contributed by atoms with Crippen molar-refractivity contribution in [1.29, 1.82) is 0 Å². The van der Waals surface area contributed by atoms with E-state index in [1.807, 2.05) is 66.7 Å². The molecule has 0 aliphatic rings. The second-order valence-electron chi connectivity index (χ2n) is 8.17. The van der Waals surface area contributed by atoms with Crippen LogP contribution in [0.3, 0.4) is 0 Å². The van der Waals surface area contributed by atoms with Crippen LogP contribution in [0.25, 0.3) is 11.1 Å². The number of amides is 1. The minimum atomic E-state index is -0.801. The largest absolute Gasteiger partial charge is 0.391 e. The fourth-order valence-electron chi connectivity index (χ4n) is 3.79. The first kappa shape index (κ1) is 26.2. The number of halogens is 2. The van der Waals surface area contributed by atoms with Gasteiger partial charge in [0, 0.05) is 17.2 Å². The van der Waals surface area contributed by atoms with Gasteiger partial charge in [-0.25, -0.2) is 0 Å². The number of hydrogen-bond acceptors (Lipinski definition) is 4. The van der Waals surface area contributed by atoms with Crippen LogP contribution in [0.2, 0.25) is 10.0 Å². The molecule has 1 amide bonds. The normalized spacial score (nSPS) is 13.8. The number of carbonyl (C=O) groups is 1. The number of methoxy groups -OCH3 is 1. The molecule has 0 aliphatic heterocycles. The van der Waals surface area contributed by atoms with E-state index in [2.05, 4.69) is 5.32 Å². The van der Waals surface area contributed by atoms with Crippen LogP contribution in [0.4, 0.5) is 0 Å². The van der Waals surface area contributed by atoms with E-state index >= 15 is 0 Å². The fraction of sp³-hybridized carbons (Fsp3) is 0.296. The Morgan fingerprint density at radius 1 is 0.941 bits per heavy atom. The summed E-state index contributed by atoms with van der Waals surface area (Å²) < 4.78 is 11.1. The summed E-state index contributed by atoms with van der Waals surface area (Å²) in [5, 5.41) is 14.6. The Labute approximate surface area is 210 Å². The van der Waals surface area contributed by atoms with Gasteiger partial charge in [0.15, 0.2) is 0 Å². The zero-order chi connectivity index (χ0) is 24.5. The lowest BCUT2D eigenvalue weighted by atomic mass is 9.96. The van der Waals surface area contributed by atoms with Gasteiger partial charge in [-0.15, -0.1) is 0 Å². The molecule has 3 rings (SSSR count). The Morgan fingerprint density at radius 2 is 1.59 bits per heavy atom. The van der Waals surface area contributed by atoms with Gasteiger partial charge in [-0.05, 0) is 53.8 Å². The van der Waals surface area contributed by atoms with Crippen molar-refractivity contribution >= 4 is 29.1 Å². The van der Waals surface area contributed by atoms with Crippen molar-refractivity contribution in [2.45, 2.75) is 38.2 Å². The predicted molar refractivity (Wildman–Crippen MR) is 136 cm³/mol. The Hall–Kier alpha value is -2.41. The Bertz CT molecular complexity index is 1040. The molecule has 0 fully saturated rings. The molecule has 0 bridgehead atoms. The van der Waals surface area contributed by atoms with Crippen LogP contribution >= 0.6 is 23.2 Å². The molecule has 3 aromatic carbocycles. The monoisotopic (exact) mass is 501 g/mol. The predicted octanol–water partition coefficient (Wildman–Crippen LogP) is 5.30. The van der Waals surface area contributed by atoms with Crippen molar-refractivity contribution in [2.75, 3.05) is 13.7 Å². The molecule has 7 heteroatoms. The number of nitrogens with one attached hydrogen (secondary N) is 1. The molecule has 180 valence electrons. The number of carbonyl (C=O) groups excluding carboxylic acids is 1. The number of aliphatic hydroxyl groups is 1. The first-order valence-electron chi connectivity index (χ1n) is 11.0. The lowest BCUT2D eigenvalue weighted by Crippen LogP contribution is -2.51. The molecule has 5 nitrogen and oxygen atoms in total. The molecule has 0 saturated carbocycles. The van der Waals surface area contributed by atoms with Crippen LogP contribution < -0.4 is 5.32 Å². The number of rotatable bonds is 11. The Morgan fingerprint density at radius 3 is 2.18 bits per heavy atom. The minimum absolute atomic E-state index is 0.0732. The summed E-state index contributed by atoms with van der Waals surface area (Å²) in [4.78, 5) is 12.3. The number of aliphatic hydroxyl groups excluding tert-OH is 1. The number of ether oxygens (including phenoxy) is 2. The molecule has 3 aromatic rings. The maximum absolute atomic E-state index is 12.3. The van der Waals surface area contributed by atoms with Crippen LogP contribution in [0.5, 0.6) is 0 Å². The maximum atomic E-state index is 12.3. The van der Waals surface area contributed by atoms with E-state index in [0.29, 0.717) is 23.1 Å². The second-order valence-corrected chi connectivity index (χ2v) is 9.04. The van der Waals surface area contributed by atoms with Gasteiger partial charge < -0.3 is 19.9 Å². The molecule has 0 unspecified atom stereocenters. The molecule has 0 saturated heterocycles. The molecule has 0 heterocycles. The summed E-state index contributed by atoms with van der Waals surface area (Å²) in [5.74, 6) is -0.272. The second kappa shape index (κ2) is 12.9. The standard InChI is InChI=1S/C27H29Cl2NO4/c1-18(31)27(34-16-20-6-4-3-5-7-20)25(30-26(32)17-33-2)12-19-8-10-21(11-9-19)22-13-23(28)15-24(29)14-22/h3-11,13-15,18,25,27,31H,12,16-17H2,1-2H3,(H,30,32)/t18-,25+,27-/m0/s1. The lowest BCUT2D eigenvalue weighted by molar-refractivity contribution is -0.128. The van der Waals surface area contributed by atoms with E-state index < -0.39 is 18.2 Å². The maximum Gasteiger partial charge on any atom is 0.246 e. The highest BCUT2D eigenvalue weighted by Gasteiger charge is 2.28. The minimum Gasteiger partial charge on any atom is -0.391 e. The Kier molecular flexibility index (Phi) is 9.93. The highest BCUT2D eigenvalue weighted by Crippen LogP contribution is 2.28. The van der Waals surface area contributed by atoms with E-state index in [1.54, 1.807) is 13.0 Å². The van der Waals surface area contributed by atoms with Gasteiger partial charge in [0.2, 0.25) is 5.91 Å². The van der Waals surface area contributed by atoms with Crippen molar-refractivity contribution in [3.63, 3.8) is 0 Å². The van der Waals surface area contributed by atoms with Gasteiger partial charge in [0.1, 0.15) is 12.7 Å². The van der Waals surface area contributed by atoms with Crippen LogP contribution in [-0.2, 0) is 27.3 Å². The quantitative estimate of drug-likeness (QED) is 0.374. The van der Waals surface area contributed by atoms with E-state index in [9.17, 15) is 9.90 Å². The van der Waals surface area contributed by atoms with Gasteiger partial charge in [0.05, 0.1) is 18.8 Å². The number of hydrogen-bond donors (Lipinski definition) is 2. The molecule has 0 aromatic heterocycles. The van der Waals surface area contributed by atoms with E-state index in [0.717, 1.165) is 22.3 Å². The van der Waals surface area contributed by atoms with Crippen LogP contribution in [0.1, 0.15) is 18.1 Å². The zero-order valence-electron chi connectivity index (χ0n) is 19.2. The molecule has 0 radical (unpaired) electrons. The highest BCUT2D eigenvalue weighted by atomic mass is 35.5. The van der Waals surface area contributed by atoms with Crippen molar-refractivity contribution in [3.8, 4) is 11.1 Å². The summed E-state index contributed by atoms with van der Waals surface area (Å²) >= 11 is 12.3. The van der Waals surface area contributed by atoms with Crippen LogP contribution in [0.15, 0.2) is 72.8 Å². The fourth-order valence-corrected chi connectivity index (χ4v) is 4.32. The van der Waals surface area contributed by atoms with Crippen LogP contribution in [-0.4, -0.2) is 43.0 Å². The first-order chi connectivity index (χ1) is 16.4. The van der Waals surface area contributed by atoms with Gasteiger partial charge in [-0.1, -0.05) is 77.8 Å². The van der Waals surface area contributed by atoms with Crippen molar-refractivity contribution in [3.05, 3.63) is 94.0 Å². The number of benzene rings is 3. The molecule has 0 spiro atoms. The molecule has 2 N–H and O–H groups in total. The molecular weight excluding hydrogens is 473 g/mol. The van der Waals surface area contributed by atoms with Gasteiger partial charge in [0.25, 0.3) is 0 Å². The summed E-state index contributed by atoms with van der Waals surface area (Å²) in [5.41, 5.74) is 3.86. The third kappa shape index (κ3) is 7.83. The van der Waals surface area contributed by atoms with E-state index in [4.69, 9.17) is 32.7 Å². The molecule has 34 heavy (non-hydrogen) atoms. The smallest absolute Gasteiger partial charge is 0.246 e. The van der Waals surface area contributed by atoms with Crippen LogP contribution in [0, 0.1) is 0 Å². The Balaban J connectivity index is 1.79. The summed E-state index contributed by atoms with van der Waals surface area (Å²) in [6, 6.07) is 22.6. The third-order valence-corrected chi connectivity index (χ3v) is 5.82. The lowest BCUT2D eigenvalue weighted by Gasteiger charge is -2.30. The van der Waals surface area contributed by atoms with E-state index in [-0.39, 0.29) is 12.5 Å². The van der Waals surface area contributed by atoms with E-state index in [1.165, 1.54) is 7.11 Å².